The van der Waals surface area contributed by atoms with E-state index < -0.39 is 0 Å². The van der Waals surface area contributed by atoms with Crippen LogP contribution >= 0.6 is 24.0 Å². The van der Waals surface area contributed by atoms with Gasteiger partial charge in [0.1, 0.15) is 0 Å². The smallest absolute Gasteiger partial charge is 0.191 e. The maximum atomic E-state index is 5.88. The number of nitrogens with one attached hydrogen (secondary N) is 2. The number of likely N-dealkylation sites (tertiary alicyclic amines) is 1. The second kappa shape index (κ2) is 13.0. The minimum absolute atomic E-state index is 0. The van der Waals surface area contributed by atoms with Gasteiger partial charge in [-0.3, -0.25) is 9.89 Å². The zero-order chi connectivity index (χ0) is 21.3. The van der Waals surface area contributed by atoms with Gasteiger partial charge < -0.3 is 15.4 Å². The molecule has 1 fully saturated rings. The van der Waals surface area contributed by atoms with Crippen LogP contribution in [0.15, 0.2) is 59.6 Å². The van der Waals surface area contributed by atoms with Crippen LogP contribution in [0.2, 0.25) is 0 Å². The van der Waals surface area contributed by atoms with Crippen LogP contribution in [0.1, 0.15) is 37.5 Å². The molecule has 0 aliphatic carbocycles. The van der Waals surface area contributed by atoms with Crippen molar-refractivity contribution in [1.29, 1.82) is 0 Å². The molecule has 1 aliphatic rings. The van der Waals surface area contributed by atoms with E-state index in [0.29, 0.717) is 31.2 Å². The summed E-state index contributed by atoms with van der Waals surface area (Å²) in [6, 6.07) is 19.8. The molecule has 1 aliphatic heterocycles. The molecule has 0 amide bonds. The molecular formula is C25H37IN4O. The number of ether oxygens (including phenoxy) is 1. The molecule has 1 saturated heterocycles. The normalized spacial score (nSPS) is 19.3. The summed E-state index contributed by atoms with van der Waals surface area (Å²) in [6.07, 6.45) is 0. The minimum atomic E-state index is 0. The van der Waals surface area contributed by atoms with Crippen molar-refractivity contribution in [2.24, 2.45) is 10.9 Å². The minimum Gasteiger partial charge on any atom is -0.372 e. The van der Waals surface area contributed by atoms with E-state index in [9.17, 15) is 0 Å². The van der Waals surface area contributed by atoms with Crippen LogP contribution in [-0.4, -0.2) is 43.1 Å². The van der Waals surface area contributed by atoms with Gasteiger partial charge in [0.25, 0.3) is 0 Å². The first-order valence-electron chi connectivity index (χ1n) is 11.0. The summed E-state index contributed by atoms with van der Waals surface area (Å²) in [6.45, 7) is 11.0. The Balaban J connectivity index is 0.00000341. The number of hydrogen-bond acceptors (Lipinski definition) is 3. The van der Waals surface area contributed by atoms with Gasteiger partial charge in [-0.05, 0) is 36.5 Å². The van der Waals surface area contributed by atoms with Crippen molar-refractivity contribution in [3.63, 3.8) is 0 Å². The maximum absolute atomic E-state index is 5.88. The Morgan fingerprint density at radius 3 is 2.39 bits per heavy atom. The Morgan fingerprint density at radius 2 is 1.71 bits per heavy atom. The standard InChI is InChI=1S/C25H36N4O.HI/c1-19(2)29-15-20(3)24(16-29)28-25(26-4)27-14-22-11-8-12-23(13-22)18-30-17-21-9-6-5-7-10-21;/h5-13,19-20,24H,14-18H2,1-4H3,(H2,26,27,28);1H. The summed E-state index contributed by atoms with van der Waals surface area (Å²) in [5.74, 6) is 1.47. The number of hydrogen-bond donors (Lipinski definition) is 2. The molecule has 170 valence electrons. The zero-order valence-electron chi connectivity index (χ0n) is 19.2. The third kappa shape index (κ3) is 8.09. The second-order valence-corrected chi connectivity index (χ2v) is 8.50. The predicted molar refractivity (Wildman–Crippen MR) is 140 cm³/mol. The highest BCUT2D eigenvalue weighted by Crippen LogP contribution is 2.18. The van der Waals surface area contributed by atoms with Gasteiger partial charge in [-0.1, -0.05) is 61.5 Å². The van der Waals surface area contributed by atoms with Crippen molar-refractivity contribution < 1.29 is 4.74 Å². The molecule has 31 heavy (non-hydrogen) atoms. The third-order valence-corrected chi connectivity index (χ3v) is 5.75. The first kappa shape index (κ1) is 25.6. The monoisotopic (exact) mass is 536 g/mol. The molecule has 0 bridgehead atoms. The van der Waals surface area contributed by atoms with E-state index in [-0.39, 0.29) is 24.0 Å². The van der Waals surface area contributed by atoms with E-state index in [2.05, 4.69) is 77.7 Å². The van der Waals surface area contributed by atoms with Crippen LogP contribution in [0.3, 0.4) is 0 Å². The van der Waals surface area contributed by atoms with E-state index >= 15 is 0 Å². The second-order valence-electron chi connectivity index (χ2n) is 8.50. The number of benzene rings is 2. The lowest BCUT2D eigenvalue weighted by molar-refractivity contribution is 0.107. The lowest BCUT2D eigenvalue weighted by Gasteiger charge is -2.22. The van der Waals surface area contributed by atoms with Crippen molar-refractivity contribution in [2.45, 2.75) is 52.6 Å². The summed E-state index contributed by atoms with van der Waals surface area (Å²) in [5.41, 5.74) is 3.61. The molecule has 0 radical (unpaired) electrons. The largest absolute Gasteiger partial charge is 0.372 e. The van der Waals surface area contributed by atoms with Crippen molar-refractivity contribution in [1.82, 2.24) is 15.5 Å². The maximum Gasteiger partial charge on any atom is 0.191 e. The first-order chi connectivity index (χ1) is 14.5. The van der Waals surface area contributed by atoms with Crippen molar-refractivity contribution in [3.8, 4) is 0 Å². The van der Waals surface area contributed by atoms with Gasteiger partial charge in [0.2, 0.25) is 0 Å². The number of rotatable bonds is 8. The van der Waals surface area contributed by atoms with Gasteiger partial charge in [0.15, 0.2) is 5.96 Å². The van der Waals surface area contributed by atoms with E-state index in [4.69, 9.17) is 4.74 Å². The molecule has 2 N–H and O–H groups in total. The molecule has 1 heterocycles. The molecule has 2 unspecified atom stereocenters. The molecule has 2 atom stereocenters. The fourth-order valence-corrected chi connectivity index (χ4v) is 3.86. The van der Waals surface area contributed by atoms with Gasteiger partial charge >= 0.3 is 0 Å². The summed E-state index contributed by atoms with van der Waals surface area (Å²) in [5, 5.41) is 7.08. The Bertz CT molecular complexity index is 812. The Morgan fingerprint density at radius 1 is 1.03 bits per heavy atom. The highest BCUT2D eigenvalue weighted by atomic mass is 127. The van der Waals surface area contributed by atoms with Crippen LogP contribution in [0.4, 0.5) is 0 Å². The van der Waals surface area contributed by atoms with Crippen LogP contribution < -0.4 is 10.6 Å². The van der Waals surface area contributed by atoms with Crippen LogP contribution in [-0.2, 0) is 24.5 Å². The number of halogens is 1. The summed E-state index contributed by atoms with van der Waals surface area (Å²) in [4.78, 5) is 6.95. The van der Waals surface area contributed by atoms with Gasteiger partial charge in [-0.25, -0.2) is 0 Å². The Labute approximate surface area is 204 Å². The molecule has 5 nitrogen and oxygen atoms in total. The van der Waals surface area contributed by atoms with E-state index in [1.54, 1.807) is 0 Å². The van der Waals surface area contributed by atoms with Crippen LogP contribution in [0.5, 0.6) is 0 Å². The third-order valence-electron chi connectivity index (χ3n) is 5.75. The van der Waals surface area contributed by atoms with Crippen molar-refractivity contribution >= 4 is 29.9 Å². The quantitative estimate of drug-likeness (QED) is 0.298. The molecule has 0 spiro atoms. The number of aliphatic imine (C=N–C) groups is 1. The molecule has 0 saturated carbocycles. The molecule has 2 aromatic rings. The molecule has 6 heteroatoms. The van der Waals surface area contributed by atoms with E-state index in [1.165, 1.54) is 16.7 Å². The molecule has 3 rings (SSSR count). The highest BCUT2D eigenvalue weighted by molar-refractivity contribution is 14.0. The summed E-state index contributed by atoms with van der Waals surface area (Å²) < 4.78 is 5.88. The zero-order valence-corrected chi connectivity index (χ0v) is 21.5. The van der Waals surface area contributed by atoms with Crippen molar-refractivity contribution in [2.75, 3.05) is 20.1 Å². The van der Waals surface area contributed by atoms with Gasteiger partial charge in [0, 0.05) is 38.8 Å². The predicted octanol–water partition coefficient (Wildman–Crippen LogP) is 4.42. The molecular weight excluding hydrogens is 499 g/mol. The van der Waals surface area contributed by atoms with Gasteiger partial charge in [0.05, 0.1) is 13.2 Å². The summed E-state index contributed by atoms with van der Waals surface area (Å²) in [7, 11) is 1.84. The van der Waals surface area contributed by atoms with Gasteiger partial charge in [-0.15, -0.1) is 24.0 Å². The molecule has 2 aromatic carbocycles. The highest BCUT2D eigenvalue weighted by Gasteiger charge is 2.31. The number of guanidine groups is 1. The lowest BCUT2D eigenvalue weighted by atomic mass is 10.1. The van der Waals surface area contributed by atoms with Crippen molar-refractivity contribution in [3.05, 3.63) is 71.3 Å². The van der Waals surface area contributed by atoms with Crippen LogP contribution in [0, 0.1) is 5.92 Å². The topological polar surface area (TPSA) is 48.9 Å². The van der Waals surface area contributed by atoms with Gasteiger partial charge in [-0.2, -0.15) is 0 Å². The Kier molecular flexibility index (Phi) is 10.8. The fraction of sp³-hybridized carbons (Fsp3) is 0.480. The average molecular weight is 537 g/mol. The molecule has 0 aromatic heterocycles. The van der Waals surface area contributed by atoms with E-state index in [0.717, 1.165) is 25.6 Å². The summed E-state index contributed by atoms with van der Waals surface area (Å²) >= 11 is 0. The fourth-order valence-electron chi connectivity index (χ4n) is 3.86. The number of nitrogens with zero attached hydrogens (tertiary/aromatic N) is 2. The average Bonchev–Trinajstić information content (AvgIpc) is 3.13. The lowest BCUT2D eigenvalue weighted by Crippen LogP contribution is -2.46. The first-order valence-corrected chi connectivity index (χ1v) is 11.0. The van der Waals surface area contributed by atoms with Crippen LogP contribution in [0.25, 0.3) is 0 Å². The van der Waals surface area contributed by atoms with E-state index in [1.807, 2.05) is 25.2 Å². The SMILES string of the molecule is CN=C(NCc1cccc(COCc2ccccc2)c1)NC1CN(C(C)C)CC1C.I. The Hall–Kier alpha value is -1.64.